The van der Waals surface area contributed by atoms with Crippen molar-refractivity contribution in [2.24, 2.45) is 0 Å². The summed E-state index contributed by atoms with van der Waals surface area (Å²) >= 11 is 2.02. The molecule has 168 valence electrons. The Morgan fingerprint density at radius 1 is 0.824 bits per heavy atom. The van der Waals surface area contributed by atoms with E-state index < -0.39 is 0 Å². The van der Waals surface area contributed by atoms with Gasteiger partial charge in [-0.05, 0) is 70.2 Å². The van der Waals surface area contributed by atoms with Crippen LogP contribution in [-0.2, 0) is 23.7 Å². The lowest BCUT2D eigenvalue weighted by Gasteiger charge is -2.44. The van der Waals surface area contributed by atoms with Crippen LogP contribution in [0.2, 0.25) is 0 Å². The van der Waals surface area contributed by atoms with Crippen molar-refractivity contribution in [1.29, 1.82) is 0 Å². The molecule has 1 aromatic heterocycles. The molecule has 3 heterocycles. The van der Waals surface area contributed by atoms with Crippen LogP contribution in [0.15, 0.2) is 66.7 Å². The highest BCUT2D eigenvalue weighted by Crippen LogP contribution is 2.45. The van der Waals surface area contributed by atoms with E-state index in [0.717, 1.165) is 0 Å². The van der Waals surface area contributed by atoms with Crippen molar-refractivity contribution in [3.8, 4) is 0 Å². The van der Waals surface area contributed by atoms with Gasteiger partial charge < -0.3 is 4.90 Å². The van der Waals surface area contributed by atoms with Gasteiger partial charge in [-0.3, -0.25) is 0 Å². The predicted molar refractivity (Wildman–Crippen MR) is 148 cm³/mol. The van der Waals surface area contributed by atoms with Crippen molar-refractivity contribution in [2.75, 3.05) is 4.90 Å². The SMILES string of the molecule is CC(C)(C)c1cc2c(s1)B1c3ccccc3C(C)(C)c3cccc(c31)N2c1ccc2c(c1)CC2. The first-order valence-electron chi connectivity index (χ1n) is 12.5. The molecule has 1 nitrogen and oxygen atoms in total. The third-order valence-electron chi connectivity index (χ3n) is 8.33. The lowest BCUT2D eigenvalue weighted by Crippen LogP contribution is -2.63. The summed E-state index contributed by atoms with van der Waals surface area (Å²) in [5, 5.41) is 0. The largest absolute Gasteiger partial charge is 0.311 e. The average Bonchev–Trinajstić information content (AvgIpc) is 3.23. The molecule has 3 aromatic carbocycles. The van der Waals surface area contributed by atoms with Crippen LogP contribution in [0.25, 0.3) is 0 Å². The van der Waals surface area contributed by atoms with Gasteiger partial charge in [-0.15, -0.1) is 0 Å². The van der Waals surface area contributed by atoms with Gasteiger partial charge in [0, 0.05) is 26.4 Å². The molecule has 0 unspecified atom stereocenters. The molecule has 0 spiro atoms. The van der Waals surface area contributed by atoms with E-state index in [0.29, 0.717) is 6.71 Å². The number of aryl methyl sites for hydroxylation is 2. The predicted octanol–water partition coefficient (Wildman–Crippen LogP) is 6.08. The molecule has 0 N–H and O–H groups in total. The molecule has 0 radical (unpaired) electrons. The molecule has 3 heteroatoms. The minimum Gasteiger partial charge on any atom is -0.311 e. The van der Waals surface area contributed by atoms with Gasteiger partial charge in [0.25, 0.3) is 6.71 Å². The lowest BCUT2D eigenvalue weighted by molar-refractivity contribution is 0.604. The normalized spacial score (nSPS) is 16.9. The fourth-order valence-electron chi connectivity index (χ4n) is 6.36. The fourth-order valence-corrected chi connectivity index (χ4v) is 7.69. The smallest absolute Gasteiger partial charge is 0.260 e. The molecule has 2 aliphatic heterocycles. The molecule has 7 rings (SSSR count). The highest BCUT2D eigenvalue weighted by Gasteiger charge is 2.47. The van der Waals surface area contributed by atoms with Gasteiger partial charge in [0.1, 0.15) is 0 Å². The second-order valence-electron chi connectivity index (χ2n) is 11.8. The molecule has 3 aliphatic rings. The summed E-state index contributed by atoms with van der Waals surface area (Å²) in [6, 6.07) is 25.8. The van der Waals surface area contributed by atoms with Crippen molar-refractivity contribution >= 4 is 50.8 Å². The van der Waals surface area contributed by atoms with Gasteiger partial charge in [0.15, 0.2) is 0 Å². The van der Waals surface area contributed by atoms with E-state index in [-0.39, 0.29) is 10.8 Å². The van der Waals surface area contributed by atoms with Crippen LogP contribution in [-0.4, -0.2) is 6.71 Å². The van der Waals surface area contributed by atoms with Gasteiger partial charge in [-0.25, -0.2) is 0 Å². The number of hydrogen-bond donors (Lipinski definition) is 0. The monoisotopic (exact) mass is 459 g/mol. The molecule has 0 atom stereocenters. The zero-order valence-corrected chi connectivity index (χ0v) is 21.5. The Morgan fingerprint density at radius 3 is 2.32 bits per heavy atom. The van der Waals surface area contributed by atoms with Crippen LogP contribution in [0.5, 0.6) is 0 Å². The van der Waals surface area contributed by atoms with Crippen LogP contribution in [0.1, 0.15) is 61.7 Å². The van der Waals surface area contributed by atoms with Crippen LogP contribution < -0.4 is 20.6 Å². The first kappa shape index (κ1) is 20.6. The van der Waals surface area contributed by atoms with Crippen LogP contribution in [0, 0.1) is 0 Å². The number of benzene rings is 3. The minimum absolute atomic E-state index is 0.0216. The molecule has 34 heavy (non-hydrogen) atoms. The van der Waals surface area contributed by atoms with Crippen LogP contribution in [0.3, 0.4) is 0 Å². The average molecular weight is 459 g/mol. The summed E-state index contributed by atoms with van der Waals surface area (Å²) in [7, 11) is 0. The molecule has 0 saturated carbocycles. The number of nitrogens with zero attached hydrogens (tertiary/aromatic N) is 1. The second kappa shape index (κ2) is 6.67. The third kappa shape index (κ3) is 2.62. The Balaban J connectivity index is 1.57. The highest BCUT2D eigenvalue weighted by atomic mass is 32.1. The Labute approximate surface area is 207 Å². The molecule has 0 saturated heterocycles. The van der Waals surface area contributed by atoms with Gasteiger partial charge in [-0.1, -0.05) is 82.5 Å². The van der Waals surface area contributed by atoms with E-state index in [2.05, 4.69) is 106 Å². The maximum Gasteiger partial charge on any atom is 0.260 e. The zero-order valence-electron chi connectivity index (χ0n) is 20.7. The summed E-state index contributed by atoms with van der Waals surface area (Å²) < 4.78 is 1.50. The molecule has 0 amide bonds. The van der Waals surface area contributed by atoms with Crippen molar-refractivity contribution in [2.45, 2.75) is 58.3 Å². The summed E-state index contributed by atoms with van der Waals surface area (Å²) in [6.45, 7) is 12.1. The standard InChI is InChI=1S/C31H30BNS/c1-30(2,3)27-18-26-29(34-27)32-24-11-7-6-9-22(24)31(4,5)23-10-8-12-25(28(23)32)33(26)21-16-15-19-13-14-20(19)17-21/h6-12,15-18H,13-14H2,1-5H3. The first-order valence-corrected chi connectivity index (χ1v) is 13.4. The Morgan fingerprint density at radius 2 is 1.59 bits per heavy atom. The number of thiophene rings is 1. The zero-order chi connectivity index (χ0) is 23.4. The van der Waals surface area contributed by atoms with Crippen molar-refractivity contribution in [3.05, 3.63) is 93.9 Å². The topological polar surface area (TPSA) is 3.24 Å². The molecule has 4 aromatic rings. The number of anilines is 3. The van der Waals surface area contributed by atoms with E-state index in [4.69, 9.17) is 0 Å². The first-order chi connectivity index (χ1) is 16.2. The van der Waals surface area contributed by atoms with Gasteiger partial charge >= 0.3 is 0 Å². The maximum absolute atomic E-state index is 2.57. The number of rotatable bonds is 1. The molecule has 0 bridgehead atoms. The number of fused-ring (bicyclic) bond motifs is 5. The highest BCUT2D eigenvalue weighted by molar-refractivity contribution is 7.29. The van der Waals surface area contributed by atoms with Crippen molar-refractivity contribution < 1.29 is 0 Å². The fraction of sp³-hybridized carbons (Fsp3) is 0.290. The summed E-state index contributed by atoms with van der Waals surface area (Å²) in [6.07, 6.45) is 2.43. The van der Waals surface area contributed by atoms with Gasteiger partial charge in [0.2, 0.25) is 0 Å². The third-order valence-corrected chi connectivity index (χ3v) is 9.94. The van der Waals surface area contributed by atoms with E-state index in [9.17, 15) is 0 Å². The number of hydrogen-bond acceptors (Lipinski definition) is 2. The van der Waals surface area contributed by atoms with Crippen LogP contribution >= 0.6 is 11.3 Å². The Hall–Kier alpha value is -2.78. The van der Waals surface area contributed by atoms with E-state index >= 15 is 0 Å². The van der Waals surface area contributed by atoms with E-state index in [1.807, 2.05) is 11.3 Å². The Bertz CT molecular complexity index is 1490. The van der Waals surface area contributed by atoms with Crippen LogP contribution in [0.4, 0.5) is 17.1 Å². The summed E-state index contributed by atoms with van der Waals surface area (Å²) in [4.78, 5) is 4.03. The second-order valence-corrected chi connectivity index (χ2v) is 12.9. The maximum atomic E-state index is 2.57. The van der Waals surface area contributed by atoms with E-state index in [1.54, 1.807) is 0 Å². The molecular weight excluding hydrogens is 429 g/mol. The van der Waals surface area contributed by atoms with Crippen molar-refractivity contribution in [3.63, 3.8) is 0 Å². The van der Waals surface area contributed by atoms with Gasteiger partial charge in [-0.2, -0.15) is 11.3 Å². The van der Waals surface area contributed by atoms with Crippen molar-refractivity contribution in [1.82, 2.24) is 0 Å². The Kier molecular flexibility index (Phi) is 4.04. The summed E-state index contributed by atoms with van der Waals surface area (Å²) in [5.74, 6) is 0. The molecular formula is C31H30BNS. The van der Waals surface area contributed by atoms with Gasteiger partial charge in [0.05, 0.1) is 5.69 Å². The quantitative estimate of drug-likeness (QED) is 0.275. The summed E-state index contributed by atoms with van der Waals surface area (Å²) in [5.41, 5.74) is 13.1. The molecule has 0 fully saturated rings. The minimum atomic E-state index is -0.0216. The lowest BCUT2D eigenvalue weighted by atomic mass is 9.32. The van der Waals surface area contributed by atoms with E-state index in [1.165, 1.54) is 72.7 Å². The molecule has 1 aliphatic carbocycles.